The standard InChI is InChI=1S/C7H12N4O3/c8-6-1-5(10-11-6)7(14)9-2-4(13)3-12/h1,4,12-13H,2-3H2,(H,9,14)(H3,8,10,11). The number of nitrogens with zero attached hydrogens (tertiary/aromatic N) is 1. The van der Waals surface area contributed by atoms with Crippen molar-refractivity contribution < 1.29 is 15.0 Å². The Balaban J connectivity index is 2.43. The maximum atomic E-state index is 11.2. The second kappa shape index (κ2) is 4.58. The Kier molecular flexibility index (Phi) is 3.43. The summed E-state index contributed by atoms with van der Waals surface area (Å²) in [6, 6.07) is 1.38. The van der Waals surface area contributed by atoms with E-state index in [1.54, 1.807) is 0 Å². The molecule has 1 atom stereocenters. The largest absolute Gasteiger partial charge is 0.394 e. The number of aromatic amines is 1. The molecule has 0 spiro atoms. The molecule has 7 heteroatoms. The molecule has 6 N–H and O–H groups in total. The quantitative estimate of drug-likeness (QED) is 0.387. The van der Waals surface area contributed by atoms with E-state index in [9.17, 15) is 4.79 Å². The van der Waals surface area contributed by atoms with E-state index >= 15 is 0 Å². The van der Waals surface area contributed by atoms with Gasteiger partial charge in [0.25, 0.3) is 5.91 Å². The second-order valence-corrected chi connectivity index (χ2v) is 2.75. The van der Waals surface area contributed by atoms with Crippen LogP contribution in [0.2, 0.25) is 0 Å². The van der Waals surface area contributed by atoms with Gasteiger partial charge in [0, 0.05) is 12.6 Å². The average Bonchev–Trinajstić information content (AvgIpc) is 2.60. The summed E-state index contributed by atoms with van der Waals surface area (Å²) in [5.41, 5.74) is 5.50. The molecule has 78 valence electrons. The van der Waals surface area contributed by atoms with E-state index in [0.717, 1.165) is 0 Å². The molecule has 0 bridgehead atoms. The number of nitrogens with two attached hydrogens (primary N) is 1. The Morgan fingerprint density at radius 3 is 3.00 bits per heavy atom. The van der Waals surface area contributed by atoms with Crippen LogP contribution in [0.4, 0.5) is 5.82 Å². The number of nitrogens with one attached hydrogen (secondary N) is 2. The molecule has 0 saturated carbocycles. The third-order valence-electron chi connectivity index (χ3n) is 1.55. The summed E-state index contributed by atoms with van der Waals surface area (Å²) in [6.45, 7) is -0.417. The highest BCUT2D eigenvalue weighted by Gasteiger charge is 2.09. The first-order valence-electron chi connectivity index (χ1n) is 4.01. The molecule has 14 heavy (non-hydrogen) atoms. The predicted octanol–water partition coefficient (Wildman–Crippen LogP) is -1.93. The smallest absolute Gasteiger partial charge is 0.269 e. The van der Waals surface area contributed by atoms with Gasteiger partial charge in [-0.2, -0.15) is 5.10 Å². The normalized spacial score (nSPS) is 12.4. The van der Waals surface area contributed by atoms with Crippen LogP contribution in [0, 0.1) is 0 Å². The zero-order chi connectivity index (χ0) is 10.6. The van der Waals surface area contributed by atoms with Crippen LogP contribution in [0.15, 0.2) is 6.07 Å². The second-order valence-electron chi connectivity index (χ2n) is 2.75. The van der Waals surface area contributed by atoms with Crippen LogP contribution >= 0.6 is 0 Å². The molecule has 0 aromatic carbocycles. The summed E-state index contributed by atoms with van der Waals surface area (Å²) in [4.78, 5) is 11.2. The number of aliphatic hydroxyl groups excluding tert-OH is 2. The number of H-pyrrole nitrogens is 1. The Labute approximate surface area is 79.9 Å². The highest BCUT2D eigenvalue weighted by molar-refractivity contribution is 5.92. The van der Waals surface area contributed by atoms with Crippen LogP contribution < -0.4 is 11.1 Å². The van der Waals surface area contributed by atoms with E-state index in [1.165, 1.54) is 6.07 Å². The van der Waals surface area contributed by atoms with E-state index < -0.39 is 18.6 Å². The van der Waals surface area contributed by atoms with E-state index in [0.29, 0.717) is 0 Å². The van der Waals surface area contributed by atoms with Crippen LogP contribution in [0.3, 0.4) is 0 Å². The van der Waals surface area contributed by atoms with Gasteiger partial charge in [0.15, 0.2) is 0 Å². The van der Waals surface area contributed by atoms with Crippen LogP contribution in [0.5, 0.6) is 0 Å². The van der Waals surface area contributed by atoms with Crippen molar-refractivity contribution in [2.24, 2.45) is 0 Å². The molecule has 0 aliphatic rings. The van der Waals surface area contributed by atoms with Crippen molar-refractivity contribution >= 4 is 11.7 Å². The molecule has 1 heterocycles. The summed E-state index contributed by atoms with van der Waals surface area (Å²) in [6.07, 6.45) is -0.959. The van der Waals surface area contributed by atoms with E-state index in [1.807, 2.05) is 0 Å². The number of anilines is 1. The molecule has 7 nitrogen and oxygen atoms in total. The van der Waals surface area contributed by atoms with Gasteiger partial charge in [-0.25, -0.2) is 0 Å². The van der Waals surface area contributed by atoms with E-state index in [2.05, 4.69) is 15.5 Å². The maximum absolute atomic E-state index is 11.2. The lowest BCUT2D eigenvalue weighted by Gasteiger charge is -2.07. The van der Waals surface area contributed by atoms with Gasteiger partial charge in [-0.15, -0.1) is 0 Å². The summed E-state index contributed by atoms with van der Waals surface area (Å²) >= 11 is 0. The first-order valence-corrected chi connectivity index (χ1v) is 4.01. The summed E-state index contributed by atoms with van der Waals surface area (Å²) in [7, 11) is 0. The molecule has 0 fully saturated rings. The molecule has 0 radical (unpaired) electrons. The fraction of sp³-hybridized carbons (Fsp3) is 0.429. The average molecular weight is 200 g/mol. The predicted molar refractivity (Wildman–Crippen MR) is 48.4 cm³/mol. The number of aromatic nitrogens is 2. The monoisotopic (exact) mass is 200 g/mol. The van der Waals surface area contributed by atoms with Crippen molar-refractivity contribution in [2.45, 2.75) is 6.10 Å². The summed E-state index contributed by atoms with van der Waals surface area (Å²) < 4.78 is 0. The van der Waals surface area contributed by atoms with Gasteiger partial charge in [-0.05, 0) is 0 Å². The van der Waals surface area contributed by atoms with Crippen molar-refractivity contribution in [3.8, 4) is 0 Å². The van der Waals surface area contributed by atoms with Gasteiger partial charge in [-0.1, -0.05) is 0 Å². The van der Waals surface area contributed by atoms with Gasteiger partial charge in [0.2, 0.25) is 0 Å². The topological polar surface area (TPSA) is 124 Å². The minimum absolute atomic E-state index is 0.0196. The van der Waals surface area contributed by atoms with Crippen molar-refractivity contribution in [2.75, 3.05) is 18.9 Å². The molecule has 0 aliphatic carbocycles. The third kappa shape index (κ3) is 2.71. The molecule has 1 unspecified atom stereocenters. The van der Waals surface area contributed by atoms with E-state index in [4.69, 9.17) is 15.9 Å². The van der Waals surface area contributed by atoms with Crippen LogP contribution in [0.1, 0.15) is 10.5 Å². The fourth-order valence-corrected chi connectivity index (χ4v) is 0.824. The highest BCUT2D eigenvalue weighted by Crippen LogP contribution is 1.99. The summed E-state index contributed by atoms with van der Waals surface area (Å²) in [5.74, 6) is -0.209. The Morgan fingerprint density at radius 1 is 1.79 bits per heavy atom. The van der Waals surface area contributed by atoms with E-state index in [-0.39, 0.29) is 18.1 Å². The van der Waals surface area contributed by atoms with Gasteiger partial charge in [0.1, 0.15) is 11.5 Å². The van der Waals surface area contributed by atoms with Gasteiger partial charge >= 0.3 is 0 Å². The molecular formula is C7H12N4O3. The Morgan fingerprint density at radius 2 is 2.50 bits per heavy atom. The lowest BCUT2D eigenvalue weighted by atomic mass is 10.3. The van der Waals surface area contributed by atoms with Gasteiger partial charge in [-0.3, -0.25) is 9.89 Å². The molecule has 1 aromatic heterocycles. The van der Waals surface area contributed by atoms with Crippen molar-refractivity contribution in [3.63, 3.8) is 0 Å². The SMILES string of the molecule is Nc1cc(C(=O)NCC(O)CO)[nH]n1. The number of carbonyl (C=O) groups excluding carboxylic acids is 1. The van der Waals surface area contributed by atoms with Crippen LogP contribution in [0.25, 0.3) is 0 Å². The first kappa shape index (κ1) is 10.5. The molecule has 0 saturated heterocycles. The molecule has 1 rings (SSSR count). The lowest BCUT2D eigenvalue weighted by molar-refractivity contribution is 0.0799. The van der Waals surface area contributed by atoms with Crippen molar-refractivity contribution in [3.05, 3.63) is 11.8 Å². The third-order valence-corrected chi connectivity index (χ3v) is 1.55. The number of rotatable bonds is 4. The zero-order valence-corrected chi connectivity index (χ0v) is 7.40. The first-order chi connectivity index (χ1) is 6.63. The van der Waals surface area contributed by atoms with Gasteiger partial charge < -0.3 is 21.3 Å². The lowest BCUT2D eigenvalue weighted by Crippen LogP contribution is -2.34. The molecule has 0 aliphatic heterocycles. The number of amides is 1. The van der Waals surface area contributed by atoms with Gasteiger partial charge in [0.05, 0.1) is 12.7 Å². The van der Waals surface area contributed by atoms with Crippen molar-refractivity contribution in [1.29, 1.82) is 0 Å². The number of carbonyl (C=O) groups is 1. The van der Waals surface area contributed by atoms with Crippen LogP contribution in [-0.4, -0.2) is 45.6 Å². The molecular weight excluding hydrogens is 188 g/mol. The number of hydrogen-bond acceptors (Lipinski definition) is 5. The highest BCUT2D eigenvalue weighted by atomic mass is 16.3. The number of hydrogen-bond donors (Lipinski definition) is 5. The zero-order valence-electron chi connectivity index (χ0n) is 7.40. The molecule has 1 aromatic rings. The van der Waals surface area contributed by atoms with Crippen molar-refractivity contribution in [1.82, 2.24) is 15.5 Å². The number of aliphatic hydroxyl groups is 2. The van der Waals surface area contributed by atoms with Crippen LogP contribution in [-0.2, 0) is 0 Å². The maximum Gasteiger partial charge on any atom is 0.269 e. The minimum Gasteiger partial charge on any atom is -0.394 e. The Hall–Kier alpha value is -1.60. The Bertz CT molecular complexity index is 312. The fourth-order valence-electron chi connectivity index (χ4n) is 0.824. The minimum atomic E-state index is -0.959. The summed E-state index contributed by atoms with van der Waals surface area (Å²) in [5, 5.41) is 25.8. The number of nitrogen functional groups attached to an aromatic ring is 1. The molecule has 1 amide bonds.